The summed E-state index contributed by atoms with van der Waals surface area (Å²) in [5.41, 5.74) is 2.04. The van der Waals surface area contributed by atoms with Gasteiger partial charge in [-0.2, -0.15) is 0 Å². The Morgan fingerprint density at radius 3 is 1.94 bits per heavy atom. The predicted molar refractivity (Wildman–Crippen MR) is 77.3 cm³/mol. The number of nitrogens with one attached hydrogen (secondary N) is 1. The quantitative estimate of drug-likeness (QED) is 0.860. The van der Waals surface area contributed by atoms with Crippen LogP contribution in [-0.2, 0) is 17.4 Å². The van der Waals surface area contributed by atoms with Crippen LogP contribution >= 0.6 is 0 Å². The Hall–Kier alpha value is -0.990. The highest BCUT2D eigenvalue weighted by Crippen LogP contribution is 2.29. The molecule has 0 unspecified atom stereocenters. The molecule has 1 aromatic rings. The van der Waals surface area contributed by atoms with Crippen LogP contribution in [-0.4, -0.2) is 9.78 Å². The van der Waals surface area contributed by atoms with Crippen LogP contribution in [0, 0.1) is 5.92 Å². The van der Waals surface area contributed by atoms with E-state index < -0.39 is 0 Å². The van der Waals surface area contributed by atoms with Gasteiger partial charge >= 0.3 is 0 Å². The van der Waals surface area contributed by atoms with Crippen molar-refractivity contribution in [2.75, 3.05) is 0 Å². The minimum atomic E-state index is -0.100. The van der Waals surface area contributed by atoms with E-state index in [1.54, 1.807) is 0 Å². The van der Waals surface area contributed by atoms with Gasteiger partial charge in [0.15, 0.2) is 0 Å². The molecular weight excluding hydrogens is 224 g/mol. The first-order chi connectivity index (χ1) is 7.94. The first kappa shape index (κ1) is 15.1. The third-order valence-corrected chi connectivity index (χ3v) is 2.99. The second-order valence-corrected chi connectivity index (χ2v) is 7.62. The van der Waals surface area contributed by atoms with Gasteiger partial charge < -0.3 is 0 Å². The highest BCUT2D eigenvalue weighted by molar-refractivity contribution is 5.26. The number of rotatable bonds is 2. The molecule has 1 rings (SSSR count). The molecular formula is C15H28N2O. The van der Waals surface area contributed by atoms with Gasteiger partial charge in [0.05, 0.1) is 5.54 Å². The Bertz CT molecular complexity index is 464. The van der Waals surface area contributed by atoms with Crippen molar-refractivity contribution in [3.05, 3.63) is 21.6 Å². The largest absolute Gasteiger partial charge is 0.283 e. The van der Waals surface area contributed by atoms with Crippen molar-refractivity contribution in [3.8, 4) is 0 Å². The Morgan fingerprint density at radius 1 is 1.11 bits per heavy atom. The molecule has 1 N–H and O–H groups in total. The molecule has 104 valence electrons. The first-order valence-corrected chi connectivity index (χ1v) is 6.79. The van der Waals surface area contributed by atoms with Crippen LogP contribution in [0.2, 0.25) is 0 Å². The molecule has 0 saturated heterocycles. The van der Waals surface area contributed by atoms with Gasteiger partial charge in [-0.15, -0.1) is 0 Å². The maximum absolute atomic E-state index is 12.2. The van der Waals surface area contributed by atoms with E-state index >= 15 is 0 Å². The lowest BCUT2D eigenvalue weighted by Gasteiger charge is -2.30. The van der Waals surface area contributed by atoms with Gasteiger partial charge in [0, 0.05) is 16.7 Å². The Labute approximate surface area is 111 Å². The summed E-state index contributed by atoms with van der Waals surface area (Å²) in [5.74, 6) is 0.489. The Kier molecular flexibility index (Phi) is 3.85. The number of H-pyrrole nitrogens is 1. The minimum absolute atomic E-state index is 0.0311. The fourth-order valence-electron chi connectivity index (χ4n) is 2.36. The van der Waals surface area contributed by atoms with Crippen LogP contribution in [0.15, 0.2) is 4.79 Å². The Balaban J connectivity index is 3.53. The fourth-order valence-corrected chi connectivity index (χ4v) is 2.36. The monoisotopic (exact) mass is 252 g/mol. The minimum Gasteiger partial charge on any atom is -0.283 e. The highest BCUT2D eigenvalue weighted by Gasteiger charge is 2.30. The molecule has 3 nitrogen and oxygen atoms in total. The van der Waals surface area contributed by atoms with E-state index in [9.17, 15) is 4.79 Å². The molecule has 0 atom stereocenters. The maximum atomic E-state index is 12.2. The molecule has 1 aromatic heterocycles. The van der Waals surface area contributed by atoms with Crippen molar-refractivity contribution >= 4 is 0 Å². The zero-order valence-electron chi connectivity index (χ0n) is 13.1. The summed E-state index contributed by atoms with van der Waals surface area (Å²) < 4.78 is 2.05. The fraction of sp³-hybridized carbons (Fsp3) is 0.800. The average molecular weight is 252 g/mol. The number of aromatic nitrogens is 2. The van der Waals surface area contributed by atoms with Crippen LogP contribution in [0.1, 0.15) is 66.6 Å². The molecule has 0 aromatic carbocycles. The van der Waals surface area contributed by atoms with Gasteiger partial charge in [0.2, 0.25) is 0 Å². The molecule has 18 heavy (non-hydrogen) atoms. The lowest BCUT2D eigenvalue weighted by atomic mass is 9.86. The summed E-state index contributed by atoms with van der Waals surface area (Å²) >= 11 is 0. The van der Waals surface area contributed by atoms with E-state index in [0.717, 1.165) is 17.7 Å². The van der Waals surface area contributed by atoms with E-state index in [-0.39, 0.29) is 16.5 Å². The molecule has 0 spiro atoms. The molecule has 1 heterocycles. The number of aromatic amines is 1. The molecule has 0 aliphatic carbocycles. The molecule has 0 aliphatic heterocycles. The van der Waals surface area contributed by atoms with Crippen molar-refractivity contribution in [2.45, 2.75) is 72.8 Å². The average Bonchev–Trinajstić information content (AvgIpc) is 2.41. The molecule has 3 heteroatoms. The topological polar surface area (TPSA) is 37.8 Å². The predicted octanol–water partition coefficient (Wildman–Crippen LogP) is 3.43. The maximum Gasteiger partial charge on any atom is 0.267 e. The van der Waals surface area contributed by atoms with Crippen LogP contribution in [0.25, 0.3) is 0 Å². The van der Waals surface area contributed by atoms with E-state index in [2.05, 4.69) is 60.5 Å². The second kappa shape index (κ2) is 4.60. The van der Waals surface area contributed by atoms with Crippen LogP contribution < -0.4 is 5.56 Å². The van der Waals surface area contributed by atoms with Crippen LogP contribution in [0.3, 0.4) is 0 Å². The van der Waals surface area contributed by atoms with Crippen molar-refractivity contribution < 1.29 is 0 Å². The summed E-state index contributed by atoms with van der Waals surface area (Å²) in [6.45, 7) is 17.2. The third kappa shape index (κ3) is 3.06. The lowest BCUT2D eigenvalue weighted by molar-refractivity contribution is 0.319. The molecule has 0 amide bonds. The summed E-state index contributed by atoms with van der Waals surface area (Å²) in [6, 6.07) is 0. The summed E-state index contributed by atoms with van der Waals surface area (Å²) in [7, 11) is 0. The van der Waals surface area contributed by atoms with Gasteiger partial charge in [-0.05, 0) is 33.1 Å². The SMILES string of the molecule is CC(C)Cc1c(C(C)(C)C)n(C(C)(C)C)[nH]c1=O. The third-order valence-electron chi connectivity index (χ3n) is 2.99. The highest BCUT2D eigenvalue weighted by atomic mass is 16.1. The summed E-state index contributed by atoms with van der Waals surface area (Å²) in [5, 5.41) is 3.03. The molecule has 0 bridgehead atoms. The van der Waals surface area contributed by atoms with Crippen molar-refractivity contribution in [2.24, 2.45) is 5.92 Å². The Morgan fingerprint density at radius 2 is 1.61 bits per heavy atom. The van der Waals surface area contributed by atoms with E-state index in [1.165, 1.54) is 0 Å². The summed E-state index contributed by atoms with van der Waals surface area (Å²) in [4.78, 5) is 12.2. The van der Waals surface area contributed by atoms with Crippen molar-refractivity contribution in [1.29, 1.82) is 0 Å². The van der Waals surface area contributed by atoms with Gasteiger partial charge in [-0.1, -0.05) is 34.6 Å². The van der Waals surface area contributed by atoms with Gasteiger partial charge in [0.25, 0.3) is 5.56 Å². The first-order valence-electron chi connectivity index (χ1n) is 6.79. The molecule has 0 radical (unpaired) electrons. The molecule has 0 fully saturated rings. The van der Waals surface area contributed by atoms with Gasteiger partial charge in [-0.25, -0.2) is 0 Å². The number of nitrogens with zero attached hydrogens (tertiary/aromatic N) is 1. The summed E-state index contributed by atoms with van der Waals surface area (Å²) in [6.07, 6.45) is 0.838. The van der Waals surface area contributed by atoms with Gasteiger partial charge in [-0.3, -0.25) is 14.6 Å². The zero-order valence-corrected chi connectivity index (χ0v) is 13.1. The zero-order chi connectivity index (χ0) is 14.3. The van der Waals surface area contributed by atoms with E-state index in [4.69, 9.17) is 0 Å². The number of hydrogen-bond acceptors (Lipinski definition) is 1. The van der Waals surface area contributed by atoms with Crippen molar-refractivity contribution in [1.82, 2.24) is 9.78 Å². The standard InChI is InChI=1S/C15H28N2O/c1-10(2)9-11-12(14(3,4)5)17(15(6,7)8)16-13(11)18/h10H,9H2,1-8H3,(H,16,18). The lowest BCUT2D eigenvalue weighted by Crippen LogP contribution is -2.31. The van der Waals surface area contributed by atoms with E-state index in [1.807, 2.05) is 4.68 Å². The van der Waals surface area contributed by atoms with Gasteiger partial charge in [0.1, 0.15) is 0 Å². The van der Waals surface area contributed by atoms with E-state index in [0.29, 0.717) is 5.92 Å². The van der Waals surface area contributed by atoms with Crippen molar-refractivity contribution in [3.63, 3.8) is 0 Å². The molecule has 0 saturated carbocycles. The number of hydrogen-bond donors (Lipinski definition) is 1. The van der Waals surface area contributed by atoms with Crippen LogP contribution in [0.4, 0.5) is 0 Å². The second-order valence-electron chi connectivity index (χ2n) is 7.62. The normalized spacial score (nSPS) is 13.4. The smallest absolute Gasteiger partial charge is 0.267 e. The molecule has 0 aliphatic rings. The van der Waals surface area contributed by atoms with Crippen LogP contribution in [0.5, 0.6) is 0 Å².